The van der Waals surface area contributed by atoms with Crippen LogP contribution in [-0.2, 0) is 4.79 Å². The van der Waals surface area contributed by atoms with Gasteiger partial charge in [-0.2, -0.15) is 11.8 Å². The number of hydrogen-bond donors (Lipinski definition) is 1. The Morgan fingerprint density at radius 2 is 1.53 bits per heavy atom. The maximum atomic E-state index is 13.1. The molecule has 5 nitrogen and oxygen atoms in total. The van der Waals surface area contributed by atoms with Crippen LogP contribution in [0.25, 0.3) is 0 Å². The number of Topliss-reactive ketones (excluding diaryl/α,β-unsaturated/α-hetero) is 1. The van der Waals surface area contributed by atoms with Crippen LogP contribution < -0.4 is 5.32 Å². The van der Waals surface area contributed by atoms with Crippen molar-refractivity contribution in [2.75, 3.05) is 25.1 Å². The lowest BCUT2D eigenvalue weighted by Crippen LogP contribution is -2.51. The van der Waals surface area contributed by atoms with E-state index in [1.165, 1.54) is 0 Å². The molecular weight excluding hydrogens is 396 g/mol. The summed E-state index contributed by atoms with van der Waals surface area (Å²) in [6.45, 7) is 1.08. The summed E-state index contributed by atoms with van der Waals surface area (Å²) in [4.78, 5) is 40.2. The van der Waals surface area contributed by atoms with E-state index in [4.69, 9.17) is 0 Å². The number of hydrogen-bond acceptors (Lipinski definition) is 4. The number of nitrogens with one attached hydrogen (secondary N) is 1. The maximum absolute atomic E-state index is 13.1. The molecule has 2 amide bonds. The molecule has 1 saturated heterocycles. The molecule has 0 bridgehead atoms. The first-order valence-electron chi connectivity index (χ1n) is 10.3. The topological polar surface area (TPSA) is 66.5 Å². The predicted molar refractivity (Wildman–Crippen MR) is 121 cm³/mol. The first-order valence-corrected chi connectivity index (χ1v) is 11.7. The third kappa shape index (κ3) is 5.72. The lowest BCUT2D eigenvalue weighted by molar-refractivity contribution is -0.134. The summed E-state index contributed by atoms with van der Waals surface area (Å²) in [7, 11) is 0. The molecule has 1 aliphatic rings. The Balaban J connectivity index is 1.60. The van der Waals surface area contributed by atoms with Crippen molar-refractivity contribution in [3.8, 4) is 0 Å². The summed E-state index contributed by atoms with van der Waals surface area (Å²) in [5, 5.41) is 2.91. The van der Waals surface area contributed by atoms with Crippen molar-refractivity contribution in [3.05, 3.63) is 71.8 Å². The maximum Gasteiger partial charge on any atom is 0.251 e. The second kappa shape index (κ2) is 11.0. The molecule has 1 unspecified atom stereocenters. The molecule has 1 aliphatic heterocycles. The van der Waals surface area contributed by atoms with Gasteiger partial charge < -0.3 is 10.2 Å². The van der Waals surface area contributed by atoms with Gasteiger partial charge in [0.05, 0.1) is 0 Å². The minimum atomic E-state index is -0.550. The Bertz CT molecular complexity index is 849. The Morgan fingerprint density at radius 1 is 0.967 bits per heavy atom. The highest BCUT2D eigenvalue weighted by Crippen LogP contribution is 2.22. The lowest BCUT2D eigenvalue weighted by atomic mass is 9.88. The van der Waals surface area contributed by atoms with E-state index in [-0.39, 0.29) is 23.5 Å². The third-order valence-electron chi connectivity index (χ3n) is 5.49. The third-order valence-corrected chi connectivity index (χ3v) is 6.13. The van der Waals surface area contributed by atoms with E-state index in [0.29, 0.717) is 37.9 Å². The molecule has 2 aromatic rings. The number of piperidine rings is 1. The van der Waals surface area contributed by atoms with Crippen LogP contribution in [0.15, 0.2) is 60.7 Å². The number of benzene rings is 2. The largest absolute Gasteiger partial charge is 0.341 e. The van der Waals surface area contributed by atoms with Crippen LogP contribution in [0.2, 0.25) is 0 Å². The summed E-state index contributed by atoms with van der Waals surface area (Å²) in [5.41, 5.74) is 1.28. The number of amides is 2. The van der Waals surface area contributed by atoms with Crippen LogP contribution in [0.4, 0.5) is 0 Å². The molecule has 0 aliphatic carbocycles. The molecular formula is C24H28N2O3S. The van der Waals surface area contributed by atoms with E-state index in [2.05, 4.69) is 5.32 Å². The minimum Gasteiger partial charge on any atom is -0.341 e. The average molecular weight is 425 g/mol. The lowest BCUT2D eigenvalue weighted by Gasteiger charge is -2.34. The van der Waals surface area contributed by atoms with Crippen molar-refractivity contribution in [1.29, 1.82) is 0 Å². The van der Waals surface area contributed by atoms with E-state index >= 15 is 0 Å². The fourth-order valence-electron chi connectivity index (χ4n) is 3.74. The summed E-state index contributed by atoms with van der Waals surface area (Å²) < 4.78 is 0. The summed E-state index contributed by atoms with van der Waals surface area (Å²) in [5.74, 6) is 0.594. The number of thioether (sulfide) groups is 1. The van der Waals surface area contributed by atoms with Crippen molar-refractivity contribution in [2.45, 2.75) is 25.3 Å². The smallest absolute Gasteiger partial charge is 0.251 e. The van der Waals surface area contributed by atoms with Crippen LogP contribution >= 0.6 is 11.8 Å². The molecule has 1 N–H and O–H groups in total. The Labute approximate surface area is 182 Å². The van der Waals surface area contributed by atoms with Crippen LogP contribution in [0.1, 0.15) is 40.0 Å². The van der Waals surface area contributed by atoms with E-state index in [9.17, 15) is 14.4 Å². The highest BCUT2D eigenvalue weighted by molar-refractivity contribution is 7.98. The van der Waals surface area contributed by atoms with E-state index < -0.39 is 6.04 Å². The van der Waals surface area contributed by atoms with Crippen molar-refractivity contribution < 1.29 is 14.4 Å². The molecule has 1 heterocycles. The molecule has 0 radical (unpaired) electrons. The minimum absolute atomic E-state index is 0.0555. The molecule has 30 heavy (non-hydrogen) atoms. The first-order chi connectivity index (χ1) is 14.6. The molecule has 6 heteroatoms. The molecule has 1 fully saturated rings. The second-order valence-electron chi connectivity index (χ2n) is 7.50. The van der Waals surface area contributed by atoms with Gasteiger partial charge in [0.15, 0.2) is 5.78 Å². The molecule has 2 aromatic carbocycles. The number of nitrogens with zero attached hydrogens (tertiary/aromatic N) is 1. The van der Waals surface area contributed by atoms with Crippen LogP contribution in [-0.4, -0.2) is 53.6 Å². The normalized spacial score (nSPS) is 15.4. The number of carbonyl (C=O) groups excluding carboxylic acids is 3. The number of carbonyl (C=O) groups is 3. The zero-order chi connectivity index (χ0) is 21.3. The Morgan fingerprint density at radius 3 is 2.10 bits per heavy atom. The van der Waals surface area contributed by atoms with Gasteiger partial charge in [0, 0.05) is 30.1 Å². The Hall–Kier alpha value is -2.60. The zero-order valence-electron chi connectivity index (χ0n) is 17.3. The van der Waals surface area contributed by atoms with Crippen molar-refractivity contribution in [1.82, 2.24) is 10.2 Å². The summed E-state index contributed by atoms with van der Waals surface area (Å²) >= 11 is 1.65. The zero-order valence-corrected chi connectivity index (χ0v) is 18.1. The standard InChI is InChI=1S/C24H28N2O3S/c1-30-17-14-21(25-23(28)20-10-6-3-7-11-20)24(29)26-15-12-19(13-16-26)22(27)18-8-4-2-5-9-18/h2-11,19,21H,12-17H2,1H3,(H,25,28). The first kappa shape index (κ1) is 22.1. The number of ketones is 1. The number of rotatable bonds is 8. The van der Waals surface area contributed by atoms with Gasteiger partial charge in [-0.25, -0.2) is 0 Å². The average Bonchev–Trinajstić information content (AvgIpc) is 2.82. The highest BCUT2D eigenvalue weighted by atomic mass is 32.2. The molecule has 1 atom stereocenters. The fraction of sp³-hybridized carbons (Fsp3) is 0.375. The van der Waals surface area contributed by atoms with Gasteiger partial charge in [-0.3, -0.25) is 14.4 Å². The second-order valence-corrected chi connectivity index (χ2v) is 8.49. The van der Waals surface area contributed by atoms with Gasteiger partial charge in [-0.05, 0) is 43.4 Å². The predicted octanol–water partition coefficient (Wildman–Crippen LogP) is 3.66. The van der Waals surface area contributed by atoms with Gasteiger partial charge in [-0.15, -0.1) is 0 Å². The van der Waals surface area contributed by atoms with E-state index in [1.54, 1.807) is 28.8 Å². The van der Waals surface area contributed by atoms with Crippen LogP contribution in [0.5, 0.6) is 0 Å². The van der Waals surface area contributed by atoms with Gasteiger partial charge in [0.2, 0.25) is 5.91 Å². The molecule has 0 spiro atoms. The Kier molecular flexibility index (Phi) is 8.08. The fourth-order valence-corrected chi connectivity index (χ4v) is 4.22. The van der Waals surface area contributed by atoms with Crippen LogP contribution in [0.3, 0.4) is 0 Å². The van der Waals surface area contributed by atoms with E-state index in [0.717, 1.165) is 11.3 Å². The molecule has 0 saturated carbocycles. The number of likely N-dealkylation sites (tertiary alicyclic amines) is 1. The van der Waals surface area contributed by atoms with Gasteiger partial charge in [-0.1, -0.05) is 48.5 Å². The quantitative estimate of drug-likeness (QED) is 0.657. The monoisotopic (exact) mass is 424 g/mol. The molecule has 3 rings (SSSR count). The molecule has 0 aromatic heterocycles. The van der Waals surface area contributed by atoms with Gasteiger partial charge in [0.25, 0.3) is 5.91 Å². The highest BCUT2D eigenvalue weighted by Gasteiger charge is 2.31. The van der Waals surface area contributed by atoms with Crippen molar-refractivity contribution >= 4 is 29.4 Å². The van der Waals surface area contributed by atoms with Gasteiger partial charge in [0.1, 0.15) is 6.04 Å². The molecule has 158 valence electrons. The van der Waals surface area contributed by atoms with E-state index in [1.807, 2.05) is 54.8 Å². The SMILES string of the molecule is CSCCC(NC(=O)c1ccccc1)C(=O)N1CCC(C(=O)c2ccccc2)CC1. The van der Waals surface area contributed by atoms with Crippen molar-refractivity contribution in [3.63, 3.8) is 0 Å². The summed E-state index contributed by atoms with van der Waals surface area (Å²) in [6.07, 6.45) is 3.88. The van der Waals surface area contributed by atoms with Crippen LogP contribution in [0, 0.1) is 5.92 Å². The summed E-state index contributed by atoms with van der Waals surface area (Å²) in [6, 6.07) is 17.7. The van der Waals surface area contributed by atoms with Gasteiger partial charge >= 0.3 is 0 Å². The van der Waals surface area contributed by atoms with Crippen molar-refractivity contribution in [2.24, 2.45) is 5.92 Å².